The van der Waals surface area contributed by atoms with Crippen molar-refractivity contribution in [3.05, 3.63) is 58.6 Å². The van der Waals surface area contributed by atoms with Crippen LogP contribution in [0.5, 0.6) is 5.75 Å². The van der Waals surface area contributed by atoms with Crippen LogP contribution in [0.15, 0.2) is 42.5 Å². The maximum atomic E-state index is 12.8. The fraction of sp³-hybridized carbons (Fsp3) is 0.278. The lowest BCUT2D eigenvalue weighted by Gasteiger charge is -2.14. The summed E-state index contributed by atoms with van der Waals surface area (Å²) < 4.78 is 49.2. The highest BCUT2D eigenvalue weighted by Gasteiger charge is 2.31. The number of nitrogens with one attached hydrogen (secondary N) is 1. The molecule has 0 saturated carbocycles. The van der Waals surface area contributed by atoms with Gasteiger partial charge in [-0.25, -0.2) is 0 Å². The summed E-state index contributed by atoms with van der Waals surface area (Å²) in [6, 6.07) is 9.13. The zero-order valence-corrected chi connectivity index (χ0v) is 14.7. The molecule has 8 heteroatoms. The van der Waals surface area contributed by atoms with E-state index in [1.165, 1.54) is 6.07 Å². The van der Waals surface area contributed by atoms with Gasteiger partial charge in [0, 0.05) is 6.61 Å². The number of carbonyl (C=O) groups excluding carboxylic acids is 1. The molecule has 2 aromatic carbocycles. The molecule has 4 nitrogen and oxygen atoms in total. The van der Waals surface area contributed by atoms with Gasteiger partial charge in [-0.15, -0.1) is 0 Å². The molecule has 0 atom stereocenters. The van der Waals surface area contributed by atoms with Crippen molar-refractivity contribution in [2.75, 3.05) is 25.1 Å². The molecule has 0 fully saturated rings. The number of alkyl halides is 3. The monoisotopic (exact) mass is 387 g/mol. The first-order chi connectivity index (χ1) is 12.3. The van der Waals surface area contributed by atoms with Crippen LogP contribution in [0.3, 0.4) is 0 Å². The Morgan fingerprint density at radius 1 is 1.15 bits per heavy atom. The summed E-state index contributed by atoms with van der Waals surface area (Å²) in [5.41, 5.74) is -0.855. The molecule has 0 unspecified atom stereocenters. The second-order valence-corrected chi connectivity index (χ2v) is 5.60. The van der Waals surface area contributed by atoms with Crippen molar-refractivity contribution in [2.45, 2.75) is 13.1 Å². The van der Waals surface area contributed by atoms with Gasteiger partial charge in [0.05, 0.1) is 28.4 Å². The van der Waals surface area contributed by atoms with Gasteiger partial charge >= 0.3 is 6.18 Å². The van der Waals surface area contributed by atoms with E-state index in [-0.39, 0.29) is 22.9 Å². The van der Waals surface area contributed by atoms with Crippen LogP contribution in [0, 0.1) is 0 Å². The number of hydrogen-bond acceptors (Lipinski definition) is 3. The van der Waals surface area contributed by atoms with E-state index in [9.17, 15) is 18.0 Å². The normalized spacial score (nSPS) is 11.3. The van der Waals surface area contributed by atoms with Gasteiger partial charge in [0.15, 0.2) is 0 Å². The number of ether oxygens (including phenoxy) is 2. The van der Waals surface area contributed by atoms with Crippen LogP contribution in [-0.4, -0.2) is 25.7 Å². The quantitative estimate of drug-likeness (QED) is 0.678. The Labute approximate surface area is 153 Å². The minimum absolute atomic E-state index is 0.00101. The molecular weight excluding hydrogens is 371 g/mol. The van der Waals surface area contributed by atoms with Crippen molar-refractivity contribution in [3.63, 3.8) is 0 Å². The van der Waals surface area contributed by atoms with Crippen molar-refractivity contribution < 1.29 is 27.4 Å². The lowest BCUT2D eigenvalue weighted by molar-refractivity contribution is -0.137. The predicted molar refractivity (Wildman–Crippen MR) is 92.8 cm³/mol. The van der Waals surface area contributed by atoms with Crippen molar-refractivity contribution in [1.29, 1.82) is 0 Å². The number of para-hydroxylation sites is 1. The molecule has 0 bridgehead atoms. The number of rotatable bonds is 7. The number of hydrogen-bond donors (Lipinski definition) is 1. The molecule has 0 radical (unpaired) electrons. The van der Waals surface area contributed by atoms with Crippen molar-refractivity contribution >= 4 is 23.2 Å². The highest BCUT2D eigenvalue weighted by Crippen LogP contribution is 2.34. The van der Waals surface area contributed by atoms with E-state index in [2.05, 4.69) is 5.32 Å². The first-order valence-electron chi connectivity index (χ1n) is 7.80. The van der Waals surface area contributed by atoms with Crippen LogP contribution >= 0.6 is 11.6 Å². The Hall–Kier alpha value is -2.25. The maximum Gasteiger partial charge on any atom is 0.416 e. The van der Waals surface area contributed by atoms with Crippen LogP contribution in [0.25, 0.3) is 0 Å². The van der Waals surface area contributed by atoms with Gasteiger partial charge in [-0.3, -0.25) is 4.79 Å². The molecule has 140 valence electrons. The number of amides is 1. The van der Waals surface area contributed by atoms with Gasteiger partial charge in [0.25, 0.3) is 5.91 Å². The molecule has 0 aliphatic heterocycles. The number of benzene rings is 2. The first-order valence-corrected chi connectivity index (χ1v) is 8.18. The third-order valence-corrected chi connectivity index (χ3v) is 3.69. The molecule has 0 heterocycles. The molecule has 2 rings (SSSR count). The van der Waals surface area contributed by atoms with Crippen LogP contribution in [0.2, 0.25) is 5.02 Å². The van der Waals surface area contributed by atoms with E-state index < -0.39 is 17.6 Å². The summed E-state index contributed by atoms with van der Waals surface area (Å²) in [5.74, 6) is -0.328. The molecular formula is C18H17ClF3NO3. The van der Waals surface area contributed by atoms with Gasteiger partial charge in [0.2, 0.25) is 0 Å². The summed E-state index contributed by atoms with van der Waals surface area (Å²) in [5, 5.41) is 2.40. The standard InChI is InChI=1S/C18H17ClF3NO3/c1-2-25-9-10-26-16-6-4-3-5-13(16)17(24)23-15-11-12(18(20,21)22)7-8-14(15)19/h3-8,11H,2,9-10H2,1H3,(H,23,24). The van der Waals surface area contributed by atoms with Crippen molar-refractivity contribution in [3.8, 4) is 5.75 Å². The van der Waals surface area contributed by atoms with Crippen molar-refractivity contribution in [2.24, 2.45) is 0 Å². The average molecular weight is 388 g/mol. The average Bonchev–Trinajstić information content (AvgIpc) is 2.60. The molecule has 0 aliphatic carbocycles. The smallest absolute Gasteiger partial charge is 0.416 e. The summed E-state index contributed by atoms with van der Waals surface area (Å²) in [6.07, 6.45) is -4.54. The predicted octanol–water partition coefficient (Wildman–Crippen LogP) is 5.03. The van der Waals surface area contributed by atoms with Crippen molar-refractivity contribution in [1.82, 2.24) is 0 Å². The van der Waals surface area contributed by atoms with Crippen LogP contribution in [-0.2, 0) is 10.9 Å². The first kappa shape index (κ1) is 20.1. The lowest BCUT2D eigenvalue weighted by atomic mass is 10.1. The van der Waals surface area contributed by atoms with E-state index in [1.807, 2.05) is 6.92 Å². The Bertz CT molecular complexity index is 766. The third-order valence-electron chi connectivity index (χ3n) is 3.36. The molecule has 26 heavy (non-hydrogen) atoms. The largest absolute Gasteiger partial charge is 0.490 e. The molecule has 2 aromatic rings. The minimum atomic E-state index is -4.54. The molecule has 1 amide bonds. The van der Waals surface area contributed by atoms with Crippen LogP contribution < -0.4 is 10.1 Å². The summed E-state index contributed by atoms with van der Waals surface area (Å²) in [6.45, 7) is 2.98. The van der Waals surface area contributed by atoms with Crippen LogP contribution in [0.4, 0.5) is 18.9 Å². The number of carbonyl (C=O) groups is 1. The van der Waals surface area contributed by atoms with E-state index in [0.717, 1.165) is 18.2 Å². The molecule has 0 aromatic heterocycles. The fourth-order valence-electron chi connectivity index (χ4n) is 2.12. The topological polar surface area (TPSA) is 47.6 Å². The zero-order valence-electron chi connectivity index (χ0n) is 13.9. The Morgan fingerprint density at radius 3 is 2.58 bits per heavy atom. The molecule has 1 N–H and O–H groups in total. The number of anilines is 1. The maximum absolute atomic E-state index is 12.8. The molecule has 0 saturated heterocycles. The Kier molecular flexibility index (Phi) is 6.88. The summed E-state index contributed by atoms with van der Waals surface area (Å²) in [4.78, 5) is 12.5. The Balaban J connectivity index is 2.18. The third kappa shape index (κ3) is 5.37. The SMILES string of the molecule is CCOCCOc1ccccc1C(=O)Nc1cc(C(F)(F)F)ccc1Cl. The zero-order chi connectivity index (χ0) is 19.2. The van der Waals surface area contributed by atoms with E-state index in [0.29, 0.717) is 19.0 Å². The van der Waals surface area contributed by atoms with E-state index in [1.54, 1.807) is 18.2 Å². The molecule has 0 spiro atoms. The van der Waals surface area contributed by atoms with Gasteiger partial charge in [-0.05, 0) is 37.3 Å². The van der Waals surface area contributed by atoms with E-state index >= 15 is 0 Å². The fourth-order valence-corrected chi connectivity index (χ4v) is 2.29. The van der Waals surface area contributed by atoms with Gasteiger partial charge in [-0.1, -0.05) is 23.7 Å². The lowest BCUT2D eigenvalue weighted by Crippen LogP contribution is -2.16. The minimum Gasteiger partial charge on any atom is -0.490 e. The second kappa shape index (κ2) is 8.91. The molecule has 0 aliphatic rings. The van der Waals surface area contributed by atoms with E-state index in [4.69, 9.17) is 21.1 Å². The van der Waals surface area contributed by atoms with Gasteiger partial charge in [-0.2, -0.15) is 13.2 Å². The highest BCUT2D eigenvalue weighted by atomic mass is 35.5. The van der Waals surface area contributed by atoms with Crippen LogP contribution in [0.1, 0.15) is 22.8 Å². The van der Waals surface area contributed by atoms with Gasteiger partial charge < -0.3 is 14.8 Å². The summed E-state index contributed by atoms with van der Waals surface area (Å²) in [7, 11) is 0. The summed E-state index contributed by atoms with van der Waals surface area (Å²) >= 11 is 5.91. The Morgan fingerprint density at radius 2 is 1.88 bits per heavy atom. The highest BCUT2D eigenvalue weighted by molar-refractivity contribution is 6.34. The number of halogens is 4. The van der Waals surface area contributed by atoms with Gasteiger partial charge in [0.1, 0.15) is 12.4 Å². The second-order valence-electron chi connectivity index (χ2n) is 5.19.